The van der Waals surface area contributed by atoms with Crippen LogP contribution in [0.15, 0.2) is 18.2 Å². The predicted octanol–water partition coefficient (Wildman–Crippen LogP) is 2.67. The van der Waals surface area contributed by atoms with E-state index in [2.05, 4.69) is 0 Å². The molecule has 0 radical (unpaired) electrons. The van der Waals surface area contributed by atoms with E-state index in [4.69, 9.17) is 28.3 Å². The average molecular weight is 385 g/mol. The van der Waals surface area contributed by atoms with Gasteiger partial charge in [0.05, 0.1) is 16.0 Å². The number of amides is 2. The number of nitrogens with zero attached hydrogens (tertiary/aromatic N) is 2. The van der Waals surface area contributed by atoms with Gasteiger partial charge in [-0.05, 0) is 37.5 Å². The lowest BCUT2D eigenvalue weighted by Crippen LogP contribution is -2.46. The van der Waals surface area contributed by atoms with Crippen LogP contribution in [0.4, 0.5) is 5.69 Å². The lowest BCUT2D eigenvalue weighted by atomic mass is 9.96. The lowest BCUT2D eigenvalue weighted by molar-refractivity contribution is -0.147. The van der Waals surface area contributed by atoms with Crippen molar-refractivity contribution in [2.45, 2.75) is 19.3 Å². The van der Waals surface area contributed by atoms with Crippen LogP contribution in [0.1, 0.15) is 19.3 Å². The normalized spacial score (nSPS) is 23.8. The van der Waals surface area contributed by atoms with Gasteiger partial charge in [0.1, 0.15) is 5.92 Å². The molecule has 134 valence electrons. The number of anilines is 1. The highest BCUT2D eigenvalue weighted by atomic mass is 35.5. The van der Waals surface area contributed by atoms with E-state index in [9.17, 15) is 14.4 Å². The molecular weight excluding hydrogens is 367 g/mol. The number of carbonyl (C=O) groups excluding carboxylic acids is 2. The molecule has 2 aliphatic rings. The summed E-state index contributed by atoms with van der Waals surface area (Å²) in [6, 6.07) is 4.92. The molecule has 0 aromatic heterocycles. The molecule has 6 nitrogen and oxygen atoms in total. The van der Waals surface area contributed by atoms with Gasteiger partial charge in [-0.25, -0.2) is 0 Å². The van der Waals surface area contributed by atoms with Crippen LogP contribution in [0, 0.1) is 11.8 Å². The van der Waals surface area contributed by atoms with E-state index in [0.29, 0.717) is 48.1 Å². The third kappa shape index (κ3) is 3.60. The number of likely N-dealkylation sites (tertiary alicyclic amines) is 1. The maximum Gasteiger partial charge on any atom is 0.308 e. The van der Waals surface area contributed by atoms with Gasteiger partial charge in [-0.3, -0.25) is 14.4 Å². The molecule has 0 bridgehead atoms. The molecule has 0 spiro atoms. The minimum Gasteiger partial charge on any atom is -0.481 e. The smallest absolute Gasteiger partial charge is 0.308 e. The molecule has 2 fully saturated rings. The van der Waals surface area contributed by atoms with E-state index in [0.717, 1.165) is 0 Å². The minimum absolute atomic E-state index is 0.171. The molecule has 2 amide bonds. The van der Waals surface area contributed by atoms with Crippen LogP contribution in [0.3, 0.4) is 0 Å². The van der Waals surface area contributed by atoms with Gasteiger partial charge in [0, 0.05) is 25.3 Å². The highest BCUT2D eigenvalue weighted by Crippen LogP contribution is 2.32. The van der Waals surface area contributed by atoms with Crippen molar-refractivity contribution < 1.29 is 19.5 Å². The van der Waals surface area contributed by atoms with E-state index < -0.39 is 17.8 Å². The number of hydrogen-bond acceptors (Lipinski definition) is 3. The van der Waals surface area contributed by atoms with Crippen LogP contribution in [0.5, 0.6) is 0 Å². The second kappa shape index (κ2) is 7.22. The number of benzene rings is 1. The Labute approximate surface area is 155 Å². The highest BCUT2D eigenvalue weighted by Gasteiger charge is 2.41. The van der Waals surface area contributed by atoms with Crippen molar-refractivity contribution in [2.75, 3.05) is 24.5 Å². The monoisotopic (exact) mass is 384 g/mol. The van der Waals surface area contributed by atoms with Crippen molar-refractivity contribution in [3.05, 3.63) is 28.2 Å². The number of carboxylic acid groups (broad SMARTS) is 1. The Morgan fingerprint density at radius 1 is 1.12 bits per heavy atom. The van der Waals surface area contributed by atoms with Crippen molar-refractivity contribution in [1.29, 1.82) is 0 Å². The van der Waals surface area contributed by atoms with E-state index >= 15 is 0 Å². The zero-order valence-electron chi connectivity index (χ0n) is 13.5. The van der Waals surface area contributed by atoms with Gasteiger partial charge >= 0.3 is 5.97 Å². The number of carbonyl (C=O) groups is 3. The summed E-state index contributed by atoms with van der Waals surface area (Å²) in [7, 11) is 0. The number of hydrogen-bond donors (Lipinski definition) is 1. The third-order valence-corrected chi connectivity index (χ3v) is 5.54. The minimum atomic E-state index is -0.896. The second-order valence-corrected chi connectivity index (χ2v) is 7.21. The predicted molar refractivity (Wildman–Crippen MR) is 93.9 cm³/mol. The number of rotatable bonds is 3. The van der Waals surface area contributed by atoms with Gasteiger partial charge < -0.3 is 14.9 Å². The van der Waals surface area contributed by atoms with E-state index in [1.807, 2.05) is 0 Å². The summed E-state index contributed by atoms with van der Waals surface area (Å²) in [5, 5.41) is 9.91. The maximum atomic E-state index is 12.7. The standard InChI is InChI=1S/C17H18Cl2N2O4/c18-13-4-3-11(8-14(13)19)21-7-5-12(16(21)23)15(22)20-6-1-2-10(9-20)17(24)25/h3-4,8,10,12H,1-2,5-7,9H2,(H,24,25). The molecule has 2 heterocycles. The fourth-order valence-electron chi connectivity index (χ4n) is 3.42. The molecule has 1 N–H and O–H groups in total. The number of piperidine rings is 1. The Bertz CT molecular complexity index is 725. The fraction of sp³-hybridized carbons (Fsp3) is 0.471. The first-order valence-corrected chi connectivity index (χ1v) is 8.92. The lowest BCUT2D eigenvalue weighted by Gasteiger charge is -2.32. The Morgan fingerprint density at radius 2 is 1.88 bits per heavy atom. The molecule has 2 aliphatic heterocycles. The molecular formula is C17H18Cl2N2O4. The van der Waals surface area contributed by atoms with Crippen molar-refractivity contribution in [2.24, 2.45) is 11.8 Å². The number of aliphatic carboxylic acids is 1. The molecule has 3 rings (SSSR count). The van der Waals surface area contributed by atoms with Gasteiger partial charge in [-0.15, -0.1) is 0 Å². The summed E-state index contributed by atoms with van der Waals surface area (Å²) >= 11 is 11.9. The number of carboxylic acids is 1. The Balaban J connectivity index is 1.71. The van der Waals surface area contributed by atoms with Crippen LogP contribution in [-0.4, -0.2) is 47.4 Å². The van der Waals surface area contributed by atoms with Gasteiger partial charge in [0.15, 0.2) is 0 Å². The fourth-order valence-corrected chi connectivity index (χ4v) is 3.71. The Morgan fingerprint density at radius 3 is 2.56 bits per heavy atom. The van der Waals surface area contributed by atoms with Crippen molar-refractivity contribution in [1.82, 2.24) is 4.90 Å². The van der Waals surface area contributed by atoms with E-state index in [-0.39, 0.29) is 18.4 Å². The highest BCUT2D eigenvalue weighted by molar-refractivity contribution is 6.42. The zero-order chi connectivity index (χ0) is 18.1. The summed E-state index contributed by atoms with van der Waals surface area (Å²) < 4.78 is 0. The topological polar surface area (TPSA) is 77.9 Å². The summed E-state index contributed by atoms with van der Waals surface area (Å²) in [4.78, 5) is 39.6. The summed E-state index contributed by atoms with van der Waals surface area (Å²) in [6.07, 6.45) is 1.61. The molecule has 0 saturated carbocycles. The molecule has 0 aliphatic carbocycles. The molecule has 1 aromatic rings. The molecule has 2 atom stereocenters. The third-order valence-electron chi connectivity index (χ3n) is 4.80. The summed E-state index contributed by atoms with van der Waals surface area (Å²) in [6.45, 7) is 1.09. The maximum absolute atomic E-state index is 12.7. The number of halogens is 2. The SMILES string of the molecule is O=C(O)C1CCCN(C(=O)C2CCN(c3ccc(Cl)c(Cl)c3)C2=O)C1. The molecule has 2 saturated heterocycles. The van der Waals surface area contributed by atoms with Crippen LogP contribution < -0.4 is 4.90 Å². The van der Waals surface area contributed by atoms with E-state index in [1.54, 1.807) is 18.2 Å². The first-order chi connectivity index (χ1) is 11.9. The zero-order valence-corrected chi connectivity index (χ0v) is 15.0. The molecule has 8 heteroatoms. The van der Waals surface area contributed by atoms with Gasteiger partial charge in [0.25, 0.3) is 0 Å². The Kier molecular flexibility index (Phi) is 5.20. The molecule has 25 heavy (non-hydrogen) atoms. The van der Waals surface area contributed by atoms with Crippen LogP contribution in [-0.2, 0) is 14.4 Å². The van der Waals surface area contributed by atoms with Gasteiger partial charge in [-0.2, -0.15) is 0 Å². The van der Waals surface area contributed by atoms with Gasteiger partial charge in [-0.1, -0.05) is 23.2 Å². The first kappa shape index (κ1) is 18.0. The van der Waals surface area contributed by atoms with Crippen LogP contribution in [0.2, 0.25) is 10.0 Å². The quantitative estimate of drug-likeness (QED) is 0.812. The molecule has 1 aromatic carbocycles. The van der Waals surface area contributed by atoms with E-state index in [1.165, 1.54) is 9.80 Å². The van der Waals surface area contributed by atoms with Gasteiger partial charge in [0.2, 0.25) is 11.8 Å². The average Bonchev–Trinajstić information content (AvgIpc) is 2.98. The second-order valence-electron chi connectivity index (χ2n) is 6.39. The van der Waals surface area contributed by atoms with Crippen molar-refractivity contribution in [3.8, 4) is 0 Å². The first-order valence-electron chi connectivity index (χ1n) is 8.16. The summed E-state index contributed by atoms with van der Waals surface area (Å²) in [5.41, 5.74) is 0.608. The Hall–Kier alpha value is -1.79. The van der Waals surface area contributed by atoms with Crippen molar-refractivity contribution in [3.63, 3.8) is 0 Å². The molecule has 2 unspecified atom stereocenters. The van der Waals surface area contributed by atoms with Crippen molar-refractivity contribution >= 4 is 46.7 Å². The van der Waals surface area contributed by atoms with Crippen LogP contribution >= 0.6 is 23.2 Å². The summed E-state index contributed by atoms with van der Waals surface area (Å²) in [5.74, 6) is -2.77. The van der Waals surface area contributed by atoms with Crippen LogP contribution in [0.25, 0.3) is 0 Å². The largest absolute Gasteiger partial charge is 0.481 e.